The van der Waals surface area contributed by atoms with E-state index in [4.69, 9.17) is 11.6 Å². The van der Waals surface area contributed by atoms with Crippen LogP contribution in [0.15, 0.2) is 16.9 Å². The van der Waals surface area contributed by atoms with Crippen molar-refractivity contribution in [3.8, 4) is 5.75 Å². The van der Waals surface area contributed by atoms with Crippen LogP contribution in [0.4, 0.5) is 17.6 Å². The molecule has 10 heteroatoms. The van der Waals surface area contributed by atoms with E-state index in [9.17, 15) is 27.5 Å². The number of H-pyrrole nitrogens is 1. The lowest BCUT2D eigenvalue weighted by Gasteiger charge is -2.28. The zero-order chi connectivity index (χ0) is 18.4. The van der Waals surface area contributed by atoms with E-state index in [2.05, 4.69) is 4.98 Å². The van der Waals surface area contributed by atoms with Gasteiger partial charge in [-0.1, -0.05) is 11.6 Å². The minimum Gasteiger partial charge on any atom is -0.504 e. The van der Waals surface area contributed by atoms with Crippen molar-refractivity contribution >= 4 is 11.6 Å². The molecular formula is C15H12ClF4N3O2. The van der Waals surface area contributed by atoms with Crippen molar-refractivity contribution in [3.05, 3.63) is 56.0 Å². The van der Waals surface area contributed by atoms with Crippen LogP contribution in [0.5, 0.6) is 5.75 Å². The number of aromatic amines is 1. The summed E-state index contributed by atoms with van der Waals surface area (Å²) in [5.74, 6) is -2.82. The number of aromatic nitrogens is 2. The Kier molecular flexibility index (Phi) is 4.46. The fraction of sp³-hybridized carbons (Fsp3) is 0.333. The van der Waals surface area contributed by atoms with Gasteiger partial charge in [0, 0.05) is 26.1 Å². The summed E-state index contributed by atoms with van der Waals surface area (Å²) in [5, 5.41) is 9.19. The largest absolute Gasteiger partial charge is 0.504 e. The summed E-state index contributed by atoms with van der Waals surface area (Å²) in [7, 11) is 0. The van der Waals surface area contributed by atoms with E-state index in [0.717, 1.165) is 6.07 Å². The van der Waals surface area contributed by atoms with Gasteiger partial charge in [-0.05, 0) is 17.7 Å². The second kappa shape index (κ2) is 6.30. The number of halogens is 5. The quantitative estimate of drug-likeness (QED) is 0.790. The number of rotatable bonds is 2. The van der Waals surface area contributed by atoms with Crippen molar-refractivity contribution in [2.24, 2.45) is 0 Å². The van der Waals surface area contributed by atoms with Crippen molar-refractivity contribution in [1.82, 2.24) is 14.9 Å². The number of fused-ring (bicyclic) bond motifs is 1. The second-order valence-electron chi connectivity index (χ2n) is 5.71. The molecule has 5 nitrogen and oxygen atoms in total. The van der Waals surface area contributed by atoms with Crippen LogP contribution >= 0.6 is 11.6 Å². The smallest absolute Gasteiger partial charge is 0.449 e. The molecule has 0 bridgehead atoms. The lowest BCUT2D eigenvalue weighted by molar-refractivity contribution is -0.145. The molecule has 2 heterocycles. The molecule has 1 aromatic carbocycles. The van der Waals surface area contributed by atoms with Crippen molar-refractivity contribution in [3.63, 3.8) is 0 Å². The van der Waals surface area contributed by atoms with Crippen molar-refractivity contribution in [2.75, 3.05) is 6.54 Å². The molecule has 0 atom stereocenters. The van der Waals surface area contributed by atoms with Crippen molar-refractivity contribution < 1.29 is 22.7 Å². The van der Waals surface area contributed by atoms with Gasteiger partial charge >= 0.3 is 6.18 Å². The molecule has 0 amide bonds. The highest BCUT2D eigenvalue weighted by Gasteiger charge is 2.35. The first-order chi connectivity index (χ1) is 11.6. The molecule has 0 saturated heterocycles. The van der Waals surface area contributed by atoms with Crippen LogP contribution < -0.4 is 5.56 Å². The maximum atomic E-state index is 13.5. The molecule has 2 N–H and O–H groups in total. The zero-order valence-corrected chi connectivity index (χ0v) is 13.4. The van der Waals surface area contributed by atoms with Crippen LogP contribution in [0.2, 0.25) is 5.02 Å². The lowest BCUT2D eigenvalue weighted by atomic mass is 10.1. The maximum absolute atomic E-state index is 13.5. The second-order valence-corrected chi connectivity index (χ2v) is 6.11. The zero-order valence-electron chi connectivity index (χ0n) is 12.6. The molecule has 3 rings (SSSR count). The molecule has 0 spiro atoms. The Hall–Kier alpha value is -2.13. The van der Waals surface area contributed by atoms with E-state index in [0.29, 0.717) is 12.1 Å². The van der Waals surface area contributed by atoms with Crippen LogP contribution in [0.1, 0.15) is 22.6 Å². The van der Waals surface area contributed by atoms with Gasteiger partial charge in [0.1, 0.15) is 0 Å². The van der Waals surface area contributed by atoms with E-state index in [1.54, 1.807) is 9.88 Å². The minimum atomic E-state index is -4.72. The van der Waals surface area contributed by atoms with E-state index < -0.39 is 29.1 Å². The first-order valence-corrected chi connectivity index (χ1v) is 7.61. The Balaban J connectivity index is 1.83. The van der Waals surface area contributed by atoms with Crippen molar-refractivity contribution in [2.45, 2.75) is 25.7 Å². The molecule has 2 aromatic rings. The van der Waals surface area contributed by atoms with Gasteiger partial charge in [-0.25, -0.2) is 9.37 Å². The predicted molar refractivity (Wildman–Crippen MR) is 80.8 cm³/mol. The first-order valence-electron chi connectivity index (χ1n) is 7.23. The molecule has 1 aliphatic heterocycles. The molecule has 0 fully saturated rings. The van der Waals surface area contributed by atoms with Gasteiger partial charge in [-0.3, -0.25) is 9.69 Å². The first kappa shape index (κ1) is 17.7. The summed E-state index contributed by atoms with van der Waals surface area (Å²) in [5.41, 5.74) is -0.0937. The molecule has 0 aliphatic carbocycles. The monoisotopic (exact) mass is 377 g/mol. The van der Waals surface area contributed by atoms with Crippen LogP contribution in [0.25, 0.3) is 0 Å². The highest BCUT2D eigenvalue weighted by molar-refractivity contribution is 6.32. The van der Waals surface area contributed by atoms with Gasteiger partial charge < -0.3 is 10.1 Å². The number of hydrogen-bond acceptors (Lipinski definition) is 4. The molecule has 1 aromatic heterocycles. The van der Waals surface area contributed by atoms with Crippen molar-refractivity contribution in [1.29, 1.82) is 0 Å². The Morgan fingerprint density at radius 1 is 1.36 bits per heavy atom. The van der Waals surface area contributed by atoms with Gasteiger partial charge in [0.25, 0.3) is 5.56 Å². The molecular weight excluding hydrogens is 366 g/mol. The highest BCUT2D eigenvalue weighted by atomic mass is 35.5. The van der Waals surface area contributed by atoms with Crippen LogP contribution in [0.3, 0.4) is 0 Å². The van der Waals surface area contributed by atoms with E-state index in [-0.39, 0.29) is 35.8 Å². The number of phenolic OH excluding ortho intramolecular Hbond substituents is 1. The summed E-state index contributed by atoms with van der Waals surface area (Å²) >= 11 is 5.72. The standard InChI is InChI=1S/C15H12ClF4N3O2/c16-9-3-7(4-10(17)12(9)24)5-23-2-1-11-8(6-23)13(25)22-14(21-11)15(18,19)20/h3-4,24H,1-2,5-6H2,(H,21,22,25). The van der Waals surface area contributed by atoms with Crippen LogP contribution in [0, 0.1) is 5.82 Å². The van der Waals surface area contributed by atoms with E-state index in [1.165, 1.54) is 6.07 Å². The number of alkyl halides is 3. The summed E-state index contributed by atoms with van der Waals surface area (Å²) < 4.78 is 51.6. The van der Waals surface area contributed by atoms with Gasteiger partial charge in [0.15, 0.2) is 11.6 Å². The third-order valence-electron chi connectivity index (χ3n) is 3.90. The third kappa shape index (κ3) is 3.62. The molecule has 134 valence electrons. The Morgan fingerprint density at radius 2 is 2.08 bits per heavy atom. The highest BCUT2D eigenvalue weighted by Crippen LogP contribution is 2.29. The third-order valence-corrected chi connectivity index (χ3v) is 4.19. The molecule has 1 aliphatic rings. The SMILES string of the molecule is O=c1[nH]c(C(F)(F)F)nc2c1CN(Cc1cc(F)c(O)c(Cl)c1)CC2. The normalized spacial score (nSPS) is 15.2. The summed E-state index contributed by atoms with van der Waals surface area (Å²) in [6, 6.07) is 2.51. The molecule has 0 unspecified atom stereocenters. The molecule has 0 saturated carbocycles. The Bertz CT molecular complexity index is 859. The average Bonchev–Trinajstić information content (AvgIpc) is 2.52. The topological polar surface area (TPSA) is 69.2 Å². The number of hydrogen-bond donors (Lipinski definition) is 2. The maximum Gasteiger partial charge on any atom is 0.449 e. The molecule has 0 radical (unpaired) electrons. The summed E-state index contributed by atoms with van der Waals surface area (Å²) in [6.07, 6.45) is -4.55. The van der Waals surface area contributed by atoms with Crippen LogP contribution in [-0.2, 0) is 25.7 Å². The lowest BCUT2D eigenvalue weighted by Crippen LogP contribution is -2.36. The van der Waals surface area contributed by atoms with Gasteiger partial charge in [0.05, 0.1) is 16.3 Å². The minimum absolute atomic E-state index is 0.0793. The van der Waals surface area contributed by atoms with Gasteiger partial charge in [-0.15, -0.1) is 0 Å². The number of aromatic hydroxyl groups is 1. The molecule has 25 heavy (non-hydrogen) atoms. The Morgan fingerprint density at radius 3 is 2.72 bits per heavy atom. The number of phenols is 1. The van der Waals surface area contributed by atoms with E-state index >= 15 is 0 Å². The number of nitrogens with zero attached hydrogens (tertiary/aromatic N) is 2. The summed E-state index contributed by atoms with van der Waals surface area (Å²) in [4.78, 5) is 19.0. The fourth-order valence-corrected chi connectivity index (χ4v) is 2.95. The van der Waals surface area contributed by atoms with Crippen LogP contribution in [-0.4, -0.2) is 26.5 Å². The predicted octanol–water partition coefficient (Wildman–Crippen LogP) is 2.85. The number of benzene rings is 1. The Labute approximate surface area is 143 Å². The van der Waals surface area contributed by atoms with E-state index in [1.807, 2.05) is 0 Å². The number of nitrogens with one attached hydrogen (secondary N) is 1. The average molecular weight is 378 g/mol. The van der Waals surface area contributed by atoms with Gasteiger partial charge in [-0.2, -0.15) is 13.2 Å². The summed E-state index contributed by atoms with van der Waals surface area (Å²) in [6.45, 7) is 0.646. The fourth-order valence-electron chi connectivity index (χ4n) is 2.72. The van der Waals surface area contributed by atoms with Gasteiger partial charge in [0.2, 0.25) is 5.82 Å².